The van der Waals surface area contributed by atoms with Gasteiger partial charge in [0.2, 0.25) is 5.91 Å². The van der Waals surface area contributed by atoms with E-state index in [2.05, 4.69) is 65.3 Å². The van der Waals surface area contributed by atoms with Gasteiger partial charge in [-0.3, -0.25) is 4.79 Å². The second kappa shape index (κ2) is 8.63. The summed E-state index contributed by atoms with van der Waals surface area (Å²) < 4.78 is 0. The van der Waals surface area contributed by atoms with Crippen molar-refractivity contribution in [1.29, 1.82) is 0 Å². The molecule has 3 nitrogen and oxygen atoms in total. The fourth-order valence-corrected chi connectivity index (χ4v) is 4.28. The minimum atomic E-state index is 0.0242. The Hall–Kier alpha value is -2.57. The molecule has 2 aliphatic rings. The Kier molecular flexibility index (Phi) is 5.78. The van der Waals surface area contributed by atoms with Crippen LogP contribution in [0.5, 0.6) is 0 Å². The predicted octanol–water partition coefficient (Wildman–Crippen LogP) is 4.04. The van der Waals surface area contributed by atoms with Gasteiger partial charge in [0, 0.05) is 19.2 Å². The lowest BCUT2D eigenvalue weighted by Crippen LogP contribution is -2.37. The van der Waals surface area contributed by atoms with Crippen molar-refractivity contribution in [3.8, 4) is 23.0 Å². The van der Waals surface area contributed by atoms with Gasteiger partial charge in [-0.05, 0) is 55.6 Å². The molecule has 3 heteroatoms. The van der Waals surface area contributed by atoms with Crippen LogP contribution in [-0.2, 0) is 4.79 Å². The van der Waals surface area contributed by atoms with Crippen LogP contribution in [0.4, 0.5) is 0 Å². The van der Waals surface area contributed by atoms with Gasteiger partial charge in [0.25, 0.3) is 0 Å². The highest BCUT2D eigenvalue weighted by molar-refractivity contribution is 5.82. The number of likely N-dealkylation sites (tertiary alicyclic amines) is 2. The van der Waals surface area contributed by atoms with Crippen LogP contribution in [0.1, 0.15) is 31.2 Å². The van der Waals surface area contributed by atoms with Crippen molar-refractivity contribution in [1.82, 2.24) is 9.80 Å². The maximum atomic E-state index is 12.6. The van der Waals surface area contributed by atoms with E-state index < -0.39 is 0 Å². The average molecular weight is 373 g/mol. The van der Waals surface area contributed by atoms with Crippen LogP contribution in [0.2, 0.25) is 0 Å². The molecule has 2 atom stereocenters. The predicted molar refractivity (Wildman–Crippen MR) is 114 cm³/mol. The molecule has 2 aliphatic heterocycles. The Morgan fingerprint density at radius 2 is 1.61 bits per heavy atom. The van der Waals surface area contributed by atoms with Crippen molar-refractivity contribution < 1.29 is 4.79 Å². The van der Waals surface area contributed by atoms with Crippen molar-refractivity contribution in [3.05, 3.63) is 60.2 Å². The van der Waals surface area contributed by atoms with Gasteiger partial charge in [-0.1, -0.05) is 60.7 Å². The SMILES string of the molecule is CN1C(=O)C(CN2CCCCC2)CC1C#Cc1ccc(-c2ccccc2)cc1. The van der Waals surface area contributed by atoms with E-state index in [1.54, 1.807) is 0 Å². The Labute approximate surface area is 168 Å². The molecule has 28 heavy (non-hydrogen) atoms. The van der Waals surface area contributed by atoms with Crippen LogP contribution in [0.3, 0.4) is 0 Å². The first-order valence-corrected chi connectivity index (χ1v) is 10.4. The van der Waals surface area contributed by atoms with Crippen molar-refractivity contribution in [2.75, 3.05) is 26.7 Å². The quantitative estimate of drug-likeness (QED) is 0.759. The molecule has 0 aromatic heterocycles. The number of hydrogen-bond acceptors (Lipinski definition) is 2. The molecule has 2 unspecified atom stereocenters. The lowest BCUT2D eigenvalue weighted by Gasteiger charge is -2.28. The minimum absolute atomic E-state index is 0.0242. The third kappa shape index (κ3) is 4.29. The summed E-state index contributed by atoms with van der Waals surface area (Å²) in [5.74, 6) is 6.98. The van der Waals surface area contributed by atoms with Gasteiger partial charge in [-0.15, -0.1) is 0 Å². The molecule has 144 valence electrons. The molecule has 0 saturated carbocycles. The minimum Gasteiger partial charge on any atom is -0.332 e. The first kappa shape index (κ1) is 18.8. The Morgan fingerprint density at radius 3 is 2.32 bits per heavy atom. The van der Waals surface area contributed by atoms with Crippen molar-refractivity contribution in [3.63, 3.8) is 0 Å². The second-order valence-electron chi connectivity index (χ2n) is 7.97. The van der Waals surface area contributed by atoms with Gasteiger partial charge in [-0.25, -0.2) is 0 Å². The molecule has 0 aliphatic carbocycles. The first-order chi connectivity index (χ1) is 13.7. The molecule has 2 fully saturated rings. The lowest BCUT2D eigenvalue weighted by molar-refractivity contribution is -0.130. The number of carbonyl (C=O) groups is 1. The lowest BCUT2D eigenvalue weighted by atomic mass is 10.0. The molecule has 0 radical (unpaired) electrons. The van der Waals surface area contributed by atoms with Gasteiger partial charge in [-0.2, -0.15) is 0 Å². The molecule has 2 aromatic rings. The van der Waals surface area contributed by atoms with E-state index in [1.165, 1.54) is 30.4 Å². The third-order valence-corrected chi connectivity index (χ3v) is 5.97. The molecular weight excluding hydrogens is 344 g/mol. The first-order valence-electron chi connectivity index (χ1n) is 10.4. The highest BCUT2D eigenvalue weighted by Gasteiger charge is 2.37. The molecule has 0 spiro atoms. The monoisotopic (exact) mass is 372 g/mol. The van der Waals surface area contributed by atoms with Crippen LogP contribution in [0.15, 0.2) is 54.6 Å². The number of benzene rings is 2. The van der Waals surface area contributed by atoms with E-state index >= 15 is 0 Å². The number of piperidine rings is 1. The van der Waals surface area contributed by atoms with Gasteiger partial charge in [0.15, 0.2) is 0 Å². The fraction of sp³-hybridized carbons (Fsp3) is 0.400. The van der Waals surface area contributed by atoms with E-state index in [9.17, 15) is 4.79 Å². The normalized spacial score (nSPS) is 22.8. The van der Waals surface area contributed by atoms with Crippen LogP contribution >= 0.6 is 0 Å². The molecule has 1 amide bonds. The van der Waals surface area contributed by atoms with Crippen LogP contribution in [0.25, 0.3) is 11.1 Å². The van der Waals surface area contributed by atoms with Gasteiger partial charge in [0.1, 0.15) is 0 Å². The summed E-state index contributed by atoms with van der Waals surface area (Å²) in [7, 11) is 1.90. The Bertz CT molecular complexity index is 857. The molecule has 2 saturated heterocycles. The van der Waals surface area contributed by atoms with Crippen LogP contribution in [-0.4, -0.2) is 48.4 Å². The average Bonchev–Trinajstić information content (AvgIpc) is 3.02. The zero-order chi connectivity index (χ0) is 19.3. The summed E-state index contributed by atoms with van der Waals surface area (Å²) in [6.07, 6.45) is 4.70. The largest absolute Gasteiger partial charge is 0.332 e. The number of carbonyl (C=O) groups excluding carboxylic acids is 1. The van der Waals surface area contributed by atoms with Crippen molar-refractivity contribution in [2.45, 2.75) is 31.7 Å². The summed E-state index contributed by atoms with van der Waals surface area (Å²) in [5, 5.41) is 0. The maximum absolute atomic E-state index is 12.6. The number of nitrogens with zero attached hydrogens (tertiary/aromatic N) is 2. The zero-order valence-electron chi connectivity index (χ0n) is 16.6. The maximum Gasteiger partial charge on any atom is 0.227 e. The smallest absolute Gasteiger partial charge is 0.227 e. The second-order valence-corrected chi connectivity index (χ2v) is 7.97. The molecule has 4 rings (SSSR count). The van der Waals surface area contributed by atoms with E-state index in [1.807, 2.05) is 18.0 Å². The molecule has 0 N–H and O–H groups in total. The highest BCUT2D eigenvalue weighted by Crippen LogP contribution is 2.25. The Balaban J connectivity index is 1.40. The van der Waals surface area contributed by atoms with Gasteiger partial charge >= 0.3 is 0 Å². The molecule has 0 bridgehead atoms. The number of hydrogen-bond donors (Lipinski definition) is 0. The molecule has 2 heterocycles. The van der Waals surface area contributed by atoms with E-state index in [0.29, 0.717) is 0 Å². The molecule has 2 aromatic carbocycles. The van der Waals surface area contributed by atoms with Crippen LogP contribution in [0, 0.1) is 17.8 Å². The number of rotatable bonds is 3. The van der Waals surface area contributed by atoms with Gasteiger partial charge in [0.05, 0.1) is 12.0 Å². The summed E-state index contributed by atoms with van der Waals surface area (Å²) in [6.45, 7) is 3.17. The van der Waals surface area contributed by atoms with E-state index in [4.69, 9.17) is 0 Å². The summed E-state index contributed by atoms with van der Waals surface area (Å²) in [6, 6.07) is 18.7. The third-order valence-electron chi connectivity index (χ3n) is 5.97. The summed E-state index contributed by atoms with van der Waals surface area (Å²) >= 11 is 0. The van der Waals surface area contributed by atoms with Crippen molar-refractivity contribution in [2.24, 2.45) is 5.92 Å². The van der Waals surface area contributed by atoms with E-state index in [-0.39, 0.29) is 17.9 Å². The number of amides is 1. The van der Waals surface area contributed by atoms with Gasteiger partial charge < -0.3 is 9.80 Å². The highest BCUT2D eigenvalue weighted by atomic mass is 16.2. The fourth-order valence-electron chi connectivity index (χ4n) is 4.28. The topological polar surface area (TPSA) is 23.6 Å². The Morgan fingerprint density at radius 1 is 0.929 bits per heavy atom. The zero-order valence-corrected chi connectivity index (χ0v) is 16.6. The summed E-state index contributed by atoms with van der Waals surface area (Å²) in [5.41, 5.74) is 3.41. The van der Waals surface area contributed by atoms with E-state index in [0.717, 1.165) is 31.6 Å². The standard InChI is InChI=1S/C25H28N2O/c1-26-24(18-23(25(26)28)19-27-16-6-3-7-17-27)15-12-20-10-13-22(14-11-20)21-8-4-2-5-9-21/h2,4-5,8-11,13-14,23-24H,3,6-7,16-19H2,1H3. The van der Waals surface area contributed by atoms with Crippen molar-refractivity contribution >= 4 is 5.91 Å². The van der Waals surface area contributed by atoms with Crippen LogP contribution < -0.4 is 0 Å². The molecular formula is C25H28N2O. The summed E-state index contributed by atoms with van der Waals surface area (Å²) in [4.78, 5) is 16.9.